The smallest absolute Gasteiger partial charge is 0.0959 e. The van der Waals surface area contributed by atoms with E-state index in [1.165, 1.54) is 0 Å². The molecule has 122 valence electrons. The Morgan fingerprint density at radius 1 is 0.680 bits per heavy atom. The van der Waals surface area contributed by atoms with E-state index in [4.69, 9.17) is 11.7 Å². The number of hydrazine groups is 1. The van der Waals surface area contributed by atoms with Crippen molar-refractivity contribution in [1.29, 1.82) is 0 Å². The number of nitrogens with zero attached hydrogens (tertiary/aromatic N) is 2. The van der Waals surface area contributed by atoms with Gasteiger partial charge in [0.15, 0.2) is 0 Å². The molecular weight excluding hydrogens is 310 g/mol. The molecule has 0 atom stereocenters. The van der Waals surface area contributed by atoms with E-state index >= 15 is 0 Å². The van der Waals surface area contributed by atoms with Crippen molar-refractivity contribution in [2.75, 3.05) is 5.43 Å². The molecule has 0 aliphatic rings. The summed E-state index contributed by atoms with van der Waals surface area (Å²) in [6, 6.07) is 24.3. The minimum Gasteiger partial charge on any atom is -0.323 e. The van der Waals surface area contributed by atoms with Crippen LogP contribution in [0, 0.1) is 0 Å². The summed E-state index contributed by atoms with van der Waals surface area (Å²) in [6.45, 7) is 0. The number of nitrogens with two attached hydrogens (primary N) is 2. The molecule has 0 aromatic heterocycles. The largest absolute Gasteiger partial charge is 0.323 e. The highest BCUT2D eigenvalue weighted by molar-refractivity contribution is 6.13. The van der Waals surface area contributed by atoms with Gasteiger partial charge in [-0.2, -0.15) is 0 Å². The third kappa shape index (κ3) is 2.47. The topological polar surface area (TPSA) is 88.8 Å². The van der Waals surface area contributed by atoms with Crippen LogP contribution in [0.1, 0.15) is 0 Å². The normalized spacial score (nSPS) is 11.4. The summed E-state index contributed by atoms with van der Waals surface area (Å²) in [5.74, 6) is 11.2. The molecule has 0 unspecified atom stereocenters. The molecule has 0 amide bonds. The van der Waals surface area contributed by atoms with Crippen molar-refractivity contribution in [1.82, 2.24) is 0 Å². The fourth-order valence-electron chi connectivity index (χ4n) is 3.33. The van der Waals surface area contributed by atoms with Crippen LogP contribution in [0.15, 0.2) is 83.1 Å². The van der Waals surface area contributed by atoms with E-state index in [0.29, 0.717) is 5.69 Å². The fourth-order valence-corrected chi connectivity index (χ4v) is 3.33. The Kier molecular flexibility index (Phi) is 3.76. The molecule has 4 aromatic carbocycles. The van der Waals surface area contributed by atoms with Crippen molar-refractivity contribution in [3.63, 3.8) is 0 Å². The van der Waals surface area contributed by atoms with Crippen molar-refractivity contribution in [2.24, 2.45) is 22.0 Å². The average Bonchev–Trinajstić information content (AvgIpc) is 2.67. The highest BCUT2D eigenvalue weighted by Crippen LogP contribution is 2.44. The lowest BCUT2D eigenvalue weighted by molar-refractivity contribution is 1.06. The molecule has 0 saturated carbocycles. The van der Waals surface area contributed by atoms with Crippen LogP contribution >= 0.6 is 0 Å². The predicted molar refractivity (Wildman–Crippen MR) is 103 cm³/mol. The minimum absolute atomic E-state index is 0.703. The number of fused-ring (bicyclic) bond motifs is 2. The maximum atomic E-state index is 5.82. The molecule has 5 heteroatoms. The van der Waals surface area contributed by atoms with Gasteiger partial charge in [-0.1, -0.05) is 65.9 Å². The lowest BCUT2D eigenvalue weighted by Gasteiger charge is -2.16. The Labute approximate surface area is 144 Å². The van der Waals surface area contributed by atoms with Crippen LogP contribution in [-0.4, -0.2) is 0 Å². The second-order valence-electron chi connectivity index (χ2n) is 5.75. The summed E-state index contributed by atoms with van der Waals surface area (Å²) in [4.78, 5) is 0. The van der Waals surface area contributed by atoms with Gasteiger partial charge in [-0.05, 0) is 33.7 Å². The molecule has 4 rings (SSSR count). The lowest BCUT2D eigenvalue weighted by atomic mass is 9.91. The summed E-state index contributed by atoms with van der Waals surface area (Å²) in [5, 5.41) is 12.1. The maximum absolute atomic E-state index is 5.82. The molecule has 0 heterocycles. The molecule has 0 aliphatic heterocycles. The highest BCUT2D eigenvalue weighted by atomic mass is 15.3. The van der Waals surface area contributed by atoms with Gasteiger partial charge in [0.1, 0.15) is 0 Å². The monoisotopic (exact) mass is 327 g/mol. The Morgan fingerprint density at radius 2 is 1.28 bits per heavy atom. The van der Waals surface area contributed by atoms with Crippen molar-refractivity contribution in [3.05, 3.63) is 72.8 Å². The molecule has 0 aliphatic carbocycles. The van der Waals surface area contributed by atoms with Gasteiger partial charge in [0.2, 0.25) is 0 Å². The number of nitrogens with one attached hydrogen (secondary N) is 1. The zero-order chi connectivity index (χ0) is 17.2. The van der Waals surface area contributed by atoms with Crippen molar-refractivity contribution < 1.29 is 0 Å². The summed E-state index contributed by atoms with van der Waals surface area (Å²) < 4.78 is 0. The number of hydrogen-bond acceptors (Lipinski definition) is 4. The second kappa shape index (κ2) is 6.22. The SMILES string of the molecule is NN=Nc1ccc2ccccc2c1-c1c(NN)ccc2ccccc12. The van der Waals surface area contributed by atoms with Crippen LogP contribution in [0.5, 0.6) is 0 Å². The first-order chi connectivity index (χ1) is 12.3. The Bertz CT molecular complexity index is 1100. The number of benzene rings is 4. The van der Waals surface area contributed by atoms with Gasteiger partial charge in [0, 0.05) is 11.1 Å². The third-order valence-corrected chi connectivity index (χ3v) is 4.41. The van der Waals surface area contributed by atoms with Gasteiger partial charge < -0.3 is 11.3 Å². The zero-order valence-electron chi connectivity index (χ0n) is 13.5. The third-order valence-electron chi connectivity index (χ3n) is 4.41. The van der Waals surface area contributed by atoms with E-state index in [9.17, 15) is 0 Å². The van der Waals surface area contributed by atoms with E-state index < -0.39 is 0 Å². The molecule has 5 N–H and O–H groups in total. The fraction of sp³-hybridized carbons (Fsp3) is 0. The Hall–Kier alpha value is -3.44. The van der Waals surface area contributed by atoms with E-state index in [-0.39, 0.29) is 0 Å². The average molecular weight is 327 g/mol. The first-order valence-corrected chi connectivity index (χ1v) is 7.95. The van der Waals surface area contributed by atoms with Gasteiger partial charge in [-0.25, -0.2) is 0 Å². The van der Waals surface area contributed by atoms with Crippen LogP contribution in [0.4, 0.5) is 11.4 Å². The van der Waals surface area contributed by atoms with Crippen LogP contribution in [0.25, 0.3) is 32.7 Å². The van der Waals surface area contributed by atoms with Crippen molar-refractivity contribution in [2.45, 2.75) is 0 Å². The molecular formula is C20H17N5. The first kappa shape index (κ1) is 15.1. The number of anilines is 1. The first-order valence-electron chi connectivity index (χ1n) is 7.95. The molecule has 0 bridgehead atoms. The second-order valence-corrected chi connectivity index (χ2v) is 5.75. The molecule has 0 radical (unpaired) electrons. The minimum atomic E-state index is 0.703. The number of hydrogen-bond donors (Lipinski definition) is 3. The van der Waals surface area contributed by atoms with E-state index in [0.717, 1.165) is 38.4 Å². The summed E-state index contributed by atoms with van der Waals surface area (Å²) in [6.07, 6.45) is 0. The summed E-state index contributed by atoms with van der Waals surface area (Å²) in [5.41, 5.74) is 6.28. The molecule has 0 fully saturated rings. The van der Waals surface area contributed by atoms with Gasteiger partial charge in [-0.3, -0.25) is 5.84 Å². The Morgan fingerprint density at radius 3 is 1.92 bits per heavy atom. The van der Waals surface area contributed by atoms with Gasteiger partial charge in [0.25, 0.3) is 0 Å². The molecule has 4 aromatic rings. The molecule has 25 heavy (non-hydrogen) atoms. The number of nitrogen functional groups attached to an aromatic ring is 1. The van der Waals surface area contributed by atoms with Crippen LogP contribution in [-0.2, 0) is 0 Å². The van der Waals surface area contributed by atoms with Crippen molar-refractivity contribution >= 4 is 32.9 Å². The van der Waals surface area contributed by atoms with Gasteiger partial charge >= 0.3 is 0 Å². The van der Waals surface area contributed by atoms with Crippen LogP contribution in [0.2, 0.25) is 0 Å². The van der Waals surface area contributed by atoms with Crippen molar-refractivity contribution in [3.8, 4) is 11.1 Å². The van der Waals surface area contributed by atoms with E-state index in [2.05, 4.69) is 40.0 Å². The number of rotatable bonds is 3. The Balaban J connectivity index is 2.21. The van der Waals surface area contributed by atoms with Gasteiger partial charge in [0.05, 0.1) is 11.4 Å². The zero-order valence-corrected chi connectivity index (χ0v) is 13.5. The lowest BCUT2D eigenvalue weighted by Crippen LogP contribution is -2.08. The quantitative estimate of drug-likeness (QED) is 0.284. The summed E-state index contributed by atoms with van der Waals surface area (Å²) >= 11 is 0. The molecule has 5 nitrogen and oxygen atoms in total. The predicted octanol–water partition coefficient (Wildman–Crippen LogP) is 4.90. The molecule has 0 saturated heterocycles. The van der Waals surface area contributed by atoms with E-state index in [1.807, 2.05) is 48.5 Å². The molecule has 0 spiro atoms. The van der Waals surface area contributed by atoms with Crippen LogP contribution < -0.4 is 17.1 Å². The maximum Gasteiger partial charge on any atom is 0.0959 e. The van der Waals surface area contributed by atoms with E-state index in [1.54, 1.807) is 0 Å². The van der Waals surface area contributed by atoms with Crippen LogP contribution in [0.3, 0.4) is 0 Å². The highest BCUT2D eigenvalue weighted by Gasteiger charge is 2.16. The summed E-state index contributed by atoms with van der Waals surface area (Å²) in [7, 11) is 0. The van der Waals surface area contributed by atoms with Gasteiger partial charge in [-0.15, -0.1) is 5.11 Å². The standard InChI is InChI=1S/C20H17N5/c21-23-17-11-9-13-5-1-3-7-15(13)19(17)20-16-8-4-2-6-14(16)10-12-18(20)24-25-22/h1-12,23H,21H2,(H2,22,24).